The van der Waals surface area contributed by atoms with E-state index in [2.05, 4.69) is 20.6 Å². The Hall–Kier alpha value is -3.41. The second-order valence-corrected chi connectivity index (χ2v) is 6.64. The molecule has 0 aliphatic heterocycles. The zero-order valence-electron chi connectivity index (χ0n) is 15.7. The Kier molecular flexibility index (Phi) is 5.19. The van der Waals surface area contributed by atoms with E-state index in [1.165, 1.54) is 0 Å². The van der Waals surface area contributed by atoms with E-state index in [1.807, 2.05) is 48.5 Å². The number of carbonyl (C=O) groups excluding carboxylic acids is 1. The van der Waals surface area contributed by atoms with Gasteiger partial charge in [0.15, 0.2) is 0 Å². The molecule has 6 nitrogen and oxygen atoms in total. The normalized spacial score (nSPS) is 13.0. The minimum Gasteiger partial charge on any atom is -0.462 e. The number of aromatic nitrogens is 2. The highest BCUT2D eigenvalue weighted by molar-refractivity contribution is 5.96. The van der Waals surface area contributed by atoms with Crippen LogP contribution in [-0.2, 0) is 4.74 Å². The number of esters is 1. The summed E-state index contributed by atoms with van der Waals surface area (Å²) in [6, 6.07) is 19.6. The molecule has 1 aliphatic carbocycles. The topological polar surface area (TPSA) is 76.1 Å². The quantitative estimate of drug-likeness (QED) is 0.587. The van der Waals surface area contributed by atoms with Crippen molar-refractivity contribution in [2.75, 3.05) is 17.2 Å². The first-order valence-electron chi connectivity index (χ1n) is 9.47. The fourth-order valence-corrected chi connectivity index (χ4v) is 2.87. The van der Waals surface area contributed by atoms with Crippen molar-refractivity contribution in [3.63, 3.8) is 0 Å². The molecule has 0 spiro atoms. The van der Waals surface area contributed by atoms with Crippen LogP contribution >= 0.6 is 0 Å². The van der Waals surface area contributed by atoms with Crippen LogP contribution in [0.5, 0.6) is 0 Å². The number of nitrogens with zero attached hydrogens (tertiary/aromatic N) is 2. The molecule has 0 saturated heterocycles. The number of rotatable bonds is 7. The van der Waals surface area contributed by atoms with Gasteiger partial charge in [0.25, 0.3) is 0 Å². The molecule has 1 aromatic heterocycles. The van der Waals surface area contributed by atoms with Gasteiger partial charge in [-0.3, -0.25) is 0 Å². The first-order valence-corrected chi connectivity index (χ1v) is 9.47. The van der Waals surface area contributed by atoms with Crippen molar-refractivity contribution in [1.29, 1.82) is 0 Å². The summed E-state index contributed by atoms with van der Waals surface area (Å²) >= 11 is 0. The molecule has 6 heteroatoms. The third-order valence-electron chi connectivity index (χ3n) is 4.39. The Morgan fingerprint density at radius 3 is 2.57 bits per heavy atom. The molecule has 0 radical (unpaired) electrons. The zero-order valence-corrected chi connectivity index (χ0v) is 15.7. The molecule has 0 amide bonds. The number of nitrogens with one attached hydrogen (secondary N) is 2. The van der Waals surface area contributed by atoms with E-state index < -0.39 is 0 Å². The maximum atomic E-state index is 12.2. The fraction of sp³-hybridized carbons (Fsp3) is 0.227. The Labute approximate surface area is 164 Å². The van der Waals surface area contributed by atoms with Crippen molar-refractivity contribution in [2.45, 2.75) is 25.8 Å². The van der Waals surface area contributed by atoms with E-state index in [9.17, 15) is 4.79 Å². The summed E-state index contributed by atoms with van der Waals surface area (Å²) in [6.45, 7) is 2.11. The van der Waals surface area contributed by atoms with Gasteiger partial charge in [0, 0.05) is 17.7 Å². The number of benzene rings is 2. The van der Waals surface area contributed by atoms with Crippen LogP contribution in [0, 0.1) is 0 Å². The molecule has 1 heterocycles. The Balaban J connectivity index is 1.68. The van der Waals surface area contributed by atoms with Gasteiger partial charge in [0.2, 0.25) is 5.95 Å². The van der Waals surface area contributed by atoms with E-state index in [1.54, 1.807) is 19.1 Å². The average molecular weight is 374 g/mol. The summed E-state index contributed by atoms with van der Waals surface area (Å²) in [5.41, 5.74) is 2.89. The maximum Gasteiger partial charge on any atom is 0.340 e. The lowest BCUT2D eigenvalue weighted by atomic mass is 10.1. The predicted molar refractivity (Wildman–Crippen MR) is 110 cm³/mol. The van der Waals surface area contributed by atoms with Gasteiger partial charge in [-0.1, -0.05) is 42.5 Å². The minimum atomic E-state index is -0.374. The molecule has 1 aliphatic rings. The first kappa shape index (κ1) is 18.0. The lowest BCUT2D eigenvalue weighted by molar-refractivity contribution is 0.0527. The van der Waals surface area contributed by atoms with Crippen LogP contribution in [0.15, 0.2) is 60.7 Å². The molecular formula is C22H22N4O2. The molecule has 1 fully saturated rings. The number of hydrogen-bond acceptors (Lipinski definition) is 6. The van der Waals surface area contributed by atoms with Crippen LogP contribution in [0.25, 0.3) is 11.3 Å². The van der Waals surface area contributed by atoms with E-state index in [0.29, 0.717) is 29.8 Å². The van der Waals surface area contributed by atoms with Crippen LogP contribution in [0.3, 0.4) is 0 Å². The van der Waals surface area contributed by atoms with Crippen molar-refractivity contribution in [3.05, 3.63) is 66.2 Å². The van der Waals surface area contributed by atoms with Gasteiger partial charge in [0.05, 0.1) is 23.6 Å². The molecule has 4 rings (SSSR count). The standard InChI is InChI=1S/C22H22N4O2/c1-2-28-21(27)17-10-6-7-11-18(17)24-22-25-19(15-8-4-3-5-9-15)14-20(26-22)23-16-12-13-16/h3-11,14,16H,2,12-13H2,1H3,(H2,23,24,25,26). The molecule has 142 valence electrons. The number of para-hydroxylation sites is 1. The van der Waals surface area contributed by atoms with E-state index in [4.69, 9.17) is 4.74 Å². The highest BCUT2D eigenvalue weighted by Gasteiger charge is 2.22. The molecule has 3 aromatic rings. The van der Waals surface area contributed by atoms with Crippen molar-refractivity contribution in [2.24, 2.45) is 0 Å². The van der Waals surface area contributed by atoms with Crippen LogP contribution in [0.2, 0.25) is 0 Å². The van der Waals surface area contributed by atoms with Crippen LogP contribution in [0.1, 0.15) is 30.1 Å². The average Bonchev–Trinajstić information content (AvgIpc) is 3.53. The third-order valence-corrected chi connectivity index (χ3v) is 4.39. The minimum absolute atomic E-state index is 0.322. The molecule has 28 heavy (non-hydrogen) atoms. The highest BCUT2D eigenvalue weighted by Crippen LogP contribution is 2.28. The summed E-state index contributed by atoms with van der Waals surface area (Å²) in [7, 11) is 0. The number of ether oxygens (including phenoxy) is 1. The zero-order chi connectivity index (χ0) is 19.3. The lowest BCUT2D eigenvalue weighted by Crippen LogP contribution is -2.10. The molecule has 0 unspecified atom stereocenters. The van der Waals surface area contributed by atoms with Crippen molar-refractivity contribution in [1.82, 2.24) is 9.97 Å². The van der Waals surface area contributed by atoms with Gasteiger partial charge in [-0.05, 0) is 31.9 Å². The third kappa shape index (κ3) is 4.28. The second kappa shape index (κ2) is 8.08. The maximum absolute atomic E-state index is 12.2. The molecule has 2 aromatic carbocycles. The number of carbonyl (C=O) groups is 1. The Bertz CT molecular complexity index is 971. The van der Waals surface area contributed by atoms with Crippen molar-refractivity contribution < 1.29 is 9.53 Å². The Morgan fingerprint density at radius 2 is 1.82 bits per heavy atom. The van der Waals surface area contributed by atoms with Crippen LogP contribution in [-0.4, -0.2) is 28.6 Å². The van der Waals surface area contributed by atoms with Crippen LogP contribution < -0.4 is 10.6 Å². The monoisotopic (exact) mass is 374 g/mol. The Morgan fingerprint density at radius 1 is 1.07 bits per heavy atom. The molecule has 1 saturated carbocycles. The van der Waals surface area contributed by atoms with Gasteiger partial charge in [0.1, 0.15) is 5.82 Å². The molecule has 0 bridgehead atoms. The molecular weight excluding hydrogens is 352 g/mol. The summed E-state index contributed by atoms with van der Waals surface area (Å²) in [4.78, 5) is 21.5. The van der Waals surface area contributed by atoms with E-state index >= 15 is 0 Å². The smallest absolute Gasteiger partial charge is 0.340 e. The van der Waals surface area contributed by atoms with Gasteiger partial charge in [-0.2, -0.15) is 4.98 Å². The number of anilines is 3. The molecule has 0 atom stereocenters. The summed E-state index contributed by atoms with van der Waals surface area (Å²) in [5.74, 6) is 0.829. The summed E-state index contributed by atoms with van der Waals surface area (Å²) in [6.07, 6.45) is 2.30. The second-order valence-electron chi connectivity index (χ2n) is 6.64. The van der Waals surface area contributed by atoms with Gasteiger partial charge < -0.3 is 15.4 Å². The lowest BCUT2D eigenvalue weighted by Gasteiger charge is -2.13. The summed E-state index contributed by atoms with van der Waals surface area (Å²) < 4.78 is 5.15. The van der Waals surface area contributed by atoms with Crippen LogP contribution in [0.4, 0.5) is 17.5 Å². The highest BCUT2D eigenvalue weighted by atomic mass is 16.5. The summed E-state index contributed by atoms with van der Waals surface area (Å²) in [5, 5.41) is 6.62. The van der Waals surface area contributed by atoms with E-state index in [0.717, 1.165) is 29.9 Å². The van der Waals surface area contributed by atoms with Crippen molar-refractivity contribution >= 4 is 23.4 Å². The van der Waals surface area contributed by atoms with Gasteiger partial charge in [-0.25, -0.2) is 9.78 Å². The van der Waals surface area contributed by atoms with Gasteiger partial charge >= 0.3 is 5.97 Å². The van der Waals surface area contributed by atoms with E-state index in [-0.39, 0.29) is 5.97 Å². The largest absolute Gasteiger partial charge is 0.462 e. The fourth-order valence-electron chi connectivity index (χ4n) is 2.87. The SMILES string of the molecule is CCOC(=O)c1ccccc1Nc1nc(NC2CC2)cc(-c2ccccc2)n1. The van der Waals surface area contributed by atoms with Crippen molar-refractivity contribution in [3.8, 4) is 11.3 Å². The van der Waals surface area contributed by atoms with Gasteiger partial charge in [-0.15, -0.1) is 0 Å². The molecule has 2 N–H and O–H groups in total. The predicted octanol–water partition coefficient (Wildman–Crippen LogP) is 4.64. The number of hydrogen-bond donors (Lipinski definition) is 2. The first-order chi connectivity index (χ1) is 13.7.